The summed E-state index contributed by atoms with van der Waals surface area (Å²) in [5.41, 5.74) is 10.6. The van der Waals surface area contributed by atoms with Gasteiger partial charge in [-0.1, -0.05) is 113 Å². The molecule has 1 nitrogen and oxygen atoms in total. The number of nitrogens with zero attached hydrogens (tertiary/aromatic N) is 1. The second-order valence-corrected chi connectivity index (χ2v) is 11.6. The first kappa shape index (κ1) is 25.1. The van der Waals surface area contributed by atoms with Crippen LogP contribution in [0.4, 0.5) is 5.69 Å². The van der Waals surface area contributed by atoms with E-state index < -0.39 is 0 Å². The van der Waals surface area contributed by atoms with Gasteiger partial charge in [-0.3, -0.25) is 0 Å². The molecule has 0 fully saturated rings. The van der Waals surface area contributed by atoms with E-state index >= 15 is 0 Å². The van der Waals surface area contributed by atoms with Gasteiger partial charge in [0.25, 0.3) is 0 Å². The summed E-state index contributed by atoms with van der Waals surface area (Å²) in [6.45, 7) is 16.0. The van der Waals surface area contributed by atoms with Crippen LogP contribution in [-0.4, -0.2) is 7.05 Å². The van der Waals surface area contributed by atoms with Gasteiger partial charge in [-0.15, -0.1) is 0 Å². The van der Waals surface area contributed by atoms with E-state index in [1.54, 1.807) is 0 Å². The Morgan fingerprint density at radius 2 is 1.78 bits per heavy atom. The van der Waals surface area contributed by atoms with Crippen LogP contribution in [0.2, 0.25) is 0 Å². The second-order valence-electron chi connectivity index (χ2n) is 11.6. The Bertz CT molecular complexity index is 1500. The van der Waals surface area contributed by atoms with Crippen molar-refractivity contribution in [3.8, 4) is 0 Å². The zero-order chi connectivity index (χ0) is 26.4. The van der Waals surface area contributed by atoms with E-state index in [1.807, 2.05) is 0 Å². The number of anilines is 1. The van der Waals surface area contributed by atoms with Gasteiger partial charge in [0, 0.05) is 29.3 Å². The lowest BCUT2D eigenvalue weighted by Crippen LogP contribution is -2.23. The Hall–Kier alpha value is -3.58. The van der Waals surface area contributed by atoms with Crippen molar-refractivity contribution in [3.63, 3.8) is 0 Å². The molecule has 0 N–H and O–H groups in total. The predicted molar refractivity (Wildman–Crippen MR) is 162 cm³/mol. The standard InChI is InChI=1S/C36H39N/c1-25-21-22-27-16-11-13-18-29(27)33(25)35(3,4)26(2)15-9-8-10-20-32-36(5,6)34-30-19-14-12-17-28(30)23-24-31(34)37(32)7/h8-12,14-17,19-24H,2,13,18H2,1,3-7H3/b10-8+,15-9+,32-20+. The highest BCUT2D eigenvalue weighted by Crippen LogP contribution is 2.50. The van der Waals surface area contributed by atoms with Crippen LogP contribution < -0.4 is 4.90 Å². The number of hydrogen-bond acceptors (Lipinski definition) is 1. The van der Waals surface area contributed by atoms with E-state index in [-0.39, 0.29) is 10.8 Å². The van der Waals surface area contributed by atoms with Crippen molar-refractivity contribution in [3.05, 3.63) is 131 Å². The molecule has 188 valence electrons. The third kappa shape index (κ3) is 4.21. The normalized spacial score (nSPS) is 17.8. The molecule has 0 atom stereocenters. The van der Waals surface area contributed by atoms with Crippen molar-refractivity contribution in [1.82, 2.24) is 0 Å². The smallest absolute Gasteiger partial charge is 0.0454 e. The van der Waals surface area contributed by atoms with Crippen LogP contribution in [0.1, 0.15) is 61.9 Å². The van der Waals surface area contributed by atoms with Crippen LogP contribution in [0.5, 0.6) is 0 Å². The van der Waals surface area contributed by atoms with Crippen molar-refractivity contribution < 1.29 is 0 Å². The summed E-state index contributed by atoms with van der Waals surface area (Å²) in [6, 6.07) is 17.7. The molecule has 3 aromatic carbocycles. The van der Waals surface area contributed by atoms with Gasteiger partial charge in [0.05, 0.1) is 0 Å². The lowest BCUT2D eigenvalue weighted by molar-refractivity contribution is 0.625. The lowest BCUT2D eigenvalue weighted by atomic mass is 9.72. The summed E-state index contributed by atoms with van der Waals surface area (Å²) in [7, 11) is 2.18. The average Bonchev–Trinajstić information content (AvgIpc) is 3.08. The van der Waals surface area contributed by atoms with E-state index in [1.165, 1.54) is 50.0 Å². The quantitative estimate of drug-likeness (QED) is 0.325. The van der Waals surface area contributed by atoms with Crippen molar-refractivity contribution in [2.45, 2.75) is 58.3 Å². The van der Waals surface area contributed by atoms with Gasteiger partial charge in [-0.05, 0) is 76.1 Å². The highest BCUT2D eigenvalue weighted by Gasteiger charge is 2.39. The van der Waals surface area contributed by atoms with Crippen molar-refractivity contribution in [2.24, 2.45) is 0 Å². The Labute approximate surface area is 223 Å². The van der Waals surface area contributed by atoms with Crippen LogP contribution in [-0.2, 0) is 17.3 Å². The van der Waals surface area contributed by atoms with Crippen LogP contribution in [0.15, 0.2) is 103 Å². The van der Waals surface area contributed by atoms with E-state index in [9.17, 15) is 0 Å². The van der Waals surface area contributed by atoms with Crippen LogP contribution in [0.25, 0.3) is 16.8 Å². The molecule has 5 rings (SSSR count). The SMILES string of the molecule is C=C(/C=C/C=C/C=C1/N(C)c2ccc3ccccc3c2C1(C)C)C(C)(C)c1c(C)ccc2c1CCC=C2. The topological polar surface area (TPSA) is 3.24 Å². The zero-order valence-corrected chi connectivity index (χ0v) is 23.2. The summed E-state index contributed by atoms with van der Waals surface area (Å²) in [5, 5.41) is 2.64. The predicted octanol–water partition coefficient (Wildman–Crippen LogP) is 9.37. The maximum Gasteiger partial charge on any atom is 0.0454 e. The molecule has 0 spiro atoms. The lowest BCUT2D eigenvalue weighted by Gasteiger charge is -2.32. The maximum atomic E-state index is 4.50. The number of allylic oxidation sites excluding steroid dienone is 8. The van der Waals surface area contributed by atoms with Gasteiger partial charge in [0.1, 0.15) is 0 Å². The zero-order valence-electron chi connectivity index (χ0n) is 23.2. The van der Waals surface area contributed by atoms with Gasteiger partial charge in [0.2, 0.25) is 0 Å². The monoisotopic (exact) mass is 485 g/mol. The highest BCUT2D eigenvalue weighted by molar-refractivity contribution is 5.94. The second kappa shape index (κ2) is 9.38. The molecule has 37 heavy (non-hydrogen) atoms. The Morgan fingerprint density at radius 3 is 2.59 bits per heavy atom. The molecule has 0 aromatic heterocycles. The van der Waals surface area contributed by atoms with Gasteiger partial charge < -0.3 is 4.90 Å². The fraction of sp³-hybridized carbons (Fsp3) is 0.278. The number of likely N-dealkylation sites (N-methyl/N-ethyl adjacent to an activating group) is 1. The minimum absolute atomic E-state index is 0.0665. The van der Waals surface area contributed by atoms with Crippen LogP contribution in [0.3, 0.4) is 0 Å². The van der Waals surface area contributed by atoms with E-state index in [0.717, 1.165) is 18.4 Å². The number of aryl methyl sites for hydroxylation is 1. The summed E-state index contributed by atoms with van der Waals surface area (Å²) in [6.07, 6.45) is 17.7. The molecular weight excluding hydrogens is 446 g/mol. The summed E-state index contributed by atoms with van der Waals surface area (Å²) in [4.78, 5) is 2.34. The van der Waals surface area contributed by atoms with E-state index in [2.05, 4.69) is 144 Å². The first-order valence-electron chi connectivity index (χ1n) is 13.4. The molecule has 0 saturated heterocycles. The fourth-order valence-electron chi connectivity index (χ4n) is 6.46. The molecule has 2 aliphatic rings. The largest absolute Gasteiger partial charge is 0.347 e. The molecule has 0 amide bonds. The fourth-order valence-corrected chi connectivity index (χ4v) is 6.46. The van der Waals surface area contributed by atoms with Gasteiger partial charge in [-0.2, -0.15) is 0 Å². The molecule has 0 radical (unpaired) electrons. The number of benzene rings is 3. The first-order valence-corrected chi connectivity index (χ1v) is 13.4. The van der Waals surface area contributed by atoms with Crippen molar-refractivity contribution in [1.29, 1.82) is 0 Å². The summed E-state index contributed by atoms with van der Waals surface area (Å²) >= 11 is 0. The first-order chi connectivity index (χ1) is 17.6. The summed E-state index contributed by atoms with van der Waals surface area (Å²) in [5.74, 6) is 0. The number of rotatable bonds is 5. The minimum Gasteiger partial charge on any atom is -0.347 e. The van der Waals surface area contributed by atoms with Crippen LogP contribution >= 0.6 is 0 Å². The molecule has 3 aromatic rings. The Kier molecular flexibility index (Phi) is 6.36. The van der Waals surface area contributed by atoms with Crippen LogP contribution in [0, 0.1) is 6.92 Å². The highest BCUT2D eigenvalue weighted by atomic mass is 15.2. The molecule has 0 bridgehead atoms. The Balaban J connectivity index is 1.38. The Morgan fingerprint density at radius 1 is 1.00 bits per heavy atom. The van der Waals surface area contributed by atoms with E-state index in [0.29, 0.717) is 0 Å². The minimum atomic E-state index is -0.125. The van der Waals surface area contributed by atoms with Gasteiger partial charge in [-0.25, -0.2) is 0 Å². The van der Waals surface area contributed by atoms with Gasteiger partial charge >= 0.3 is 0 Å². The average molecular weight is 486 g/mol. The molecular formula is C36H39N. The third-order valence-electron chi connectivity index (χ3n) is 8.51. The van der Waals surface area contributed by atoms with Gasteiger partial charge in [0.15, 0.2) is 0 Å². The van der Waals surface area contributed by atoms with Crippen molar-refractivity contribution >= 4 is 22.5 Å². The molecule has 1 heteroatoms. The third-order valence-corrected chi connectivity index (χ3v) is 8.51. The molecule has 0 unspecified atom stereocenters. The molecule has 0 saturated carbocycles. The maximum absolute atomic E-state index is 4.50. The molecule has 1 heterocycles. The van der Waals surface area contributed by atoms with E-state index in [4.69, 9.17) is 0 Å². The summed E-state index contributed by atoms with van der Waals surface area (Å²) < 4.78 is 0. The number of hydrogen-bond donors (Lipinski definition) is 0. The number of fused-ring (bicyclic) bond motifs is 4. The molecule has 1 aliphatic carbocycles. The van der Waals surface area contributed by atoms with Crippen molar-refractivity contribution in [2.75, 3.05) is 11.9 Å². The molecule has 1 aliphatic heterocycles.